The van der Waals surface area contributed by atoms with E-state index in [1.54, 1.807) is 6.92 Å². The normalized spacial score (nSPS) is 11.7. The molecule has 2 aromatic rings. The molecule has 0 aliphatic carbocycles. The Morgan fingerprint density at radius 3 is 2.31 bits per heavy atom. The van der Waals surface area contributed by atoms with E-state index < -0.39 is 5.41 Å². The highest BCUT2D eigenvalue weighted by molar-refractivity contribution is 5.95. The highest BCUT2D eigenvalue weighted by Crippen LogP contribution is 2.30. The highest BCUT2D eigenvalue weighted by Gasteiger charge is 2.27. The third-order valence-electron chi connectivity index (χ3n) is 3.34. The molecule has 0 aromatic heterocycles. The standard InChI is InChI=1S/C15H16O/c1-11(16)15(2,3)14-10-6-8-12-7-4-5-9-13(12)14/h4-10H,1-3H3. The fourth-order valence-corrected chi connectivity index (χ4v) is 1.96. The summed E-state index contributed by atoms with van der Waals surface area (Å²) in [6.45, 7) is 5.62. The first kappa shape index (κ1) is 10.9. The van der Waals surface area contributed by atoms with Crippen molar-refractivity contribution in [1.82, 2.24) is 0 Å². The van der Waals surface area contributed by atoms with Crippen molar-refractivity contribution < 1.29 is 4.79 Å². The largest absolute Gasteiger partial charge is 0.299 e. The minimum Gasteiger partial charge on any atom is -0.299 e. The molecule has 0 aliphatic rings. The van der Waals surface area contributed by atoms with Crippen molar-refractivity contribution >= 4 is 16.6 Å². The lowest BCUT2D eigenvalue weighted by Crippen LogP contribution is -2.26. The first-order chi connectivity index (χ1) is 7.53. The van der Waals surface area contributed by atoms with Gasteiger partial charge in [0.2, 0.25) is 0 Å². The van der Waals surface area contributed by atoms with Crippen molar-refractivity contribution in [2.75, 3.05) is 0 Å². The van der Waals surface area contributed by atoms with E-state index in [1.165, 1.54) is 10.8 Å². The summed E-state index contributed by atoms with van der Waals surface area (Å²) in [5.41, 5.74) is 0.694. The van der Waals surface area contributed by atoms with Gasteiger partial charge in [0.05, 0.1) is 0 Å². The topological polar surface area (TPSA) is 17.1 Å². The Morgan fingerprint density at radius 1 is 1.00 bits per heavy atom. The van der Waals surface area contributed by atoms with E-state index in [2.05, 4.69) is 18.2 Å². The number of ketones is 1. The molecule has 0 N–H and O–H groups in total. The van der Waals surface area contributed by atoms with Crippen LogP contribution in [0.15, 0.2) is 42.5 Å². The number of hydrogen-bond donors (Lipinski definition) is 0. The van der Waals surface area contributed by atoms with Crippen LogP contribution in [-0.4, -0.2) is 5.78 Å². The Labute approximate surface area is 96.1 Å². The number of Topliss-reactive ketones (excluding diaryl/α,β-unsaturated/α-hetero) is 1. The molecule has 0 fully saturated rings. The predicted octanol–water partition coefficient (Wildman–Crippen LogP) is 3.71. The fourth-order valence-electron chi connectivity index (χ4n) is 1.96. The molecule has 0 radical (unpaired) electrons. The summed E-state index contributed by atoms with van der Waals surface area (Å²) in [5.74, 6) is 0.198. The third-order valence-corrected chi connectivity index (χ3v) is 3.34. The first-order valence-corrected chi connectivity index (χ1v) is 5.53. The van der Waals surface area contributed by atoms with Crippen LogP contribution in [0, 0.1) is 0 Å². The summed E-state index contributed by atoms with van der Waals surface area (Å²) < 4.78 is 0. The van der Waals surface area contributed by atoms with E-state index in [0.29, 0.717) is 0 Å². The molecule has 16 heavy (non-hydrogen) atoms. The number of fused-ring (bicyclic) bond motifs is 1. The van der Waals surface area contributed by atoms with Gasteiger partial charge < -0.3 is 0 Å². The van der Waals surface area contributed by atoms with Crippen molar-refractivity contribution in [2.45, 2.75) is 26.2 Å². The van der Waals surface area contributed by atoms with Crippen LogP contribution in [0.1, 0.15) is 26.3 Å². The summed E-state index contributed by atoms with van der Waals surface area (Å²) in [6.07, 6.45) is 0. The highest BCUT2D eigenvalue weighted by atomic mass is 16.1. The number of carbonyl (C=O) groups excluding carboxylic acids is 1. The summed E-state index contributed by atoms with van der Waals surface area (Å²) in [7, 11) is 0. The molecule has 0 bridgehead atoms. The Bertz CT molecular complexity index is 533. The van der Waals surface area contributed by atoms with Gasteiger partial charge in [-0.15, -0.1) is 0 Å². The molecule has 2 rings (SSSR count). The van der Waals surface area contributed by atoms with Gasteiger partial charge >= 0.3 is 0 Å². The summed E-state index contributed by atoms with van der Waals surface area (Å²) in [6, 6.07) is 14.3. The van der Waals surface area contributed by atoms with E-state index in [0.717, 1.165) is 5.56 Å². The summed E-state index contributed by atoms with van der Waals surface area (Å²) in [4.78, 5) is 11.7. The fraction of sp³-hybridized carbons (Fsp3) is 0.267. The minimum absolute atomic E-state index is 0.198. The van der Waals surface area contributed by atoms with Gasteiger partial charge in [-0.05, 0) is 37.1 Å². The van der Waals surface area contributed by atoms with E-state index in [1.807, 2.05) is 38.1 Å². The molecule has 0 aliphatic heterocycles. The monoisotopic (exact) mass is 212 g/mol. The van der Waals surface area contributed by atoms with Crippen LogP contribution < -0.4 is 0 Å². The average Bonchev–Trinajstić information content (AvgIpc) is 2.28. The average molecular weight is 212 g/mol. The zero-order valence-corrected chi connectivity index (χ0v) is 9.95. The molecule has 0 heterocycles. The third kappa shape index (κ3) is 1.63. The molecular weight excluding hydrogens is 196 g/mol. The van der Waals surface area contributed by atoms with E-state index in [4.69, 9.17) is 0 Å². The molecule has 0 saturated carbocycles. The van der Waals surface area contributed by atoms with Crippen molar-refractivity contribution in [2.24, 2.45) is 0 Å². The van der Waals surface area contributed by atoms with Gasteiger partial charge in [-0.2, -0.15) is 0 Å². The van der Waals surface area contributed by atoms with Gasteiger partial charge in [0.15, 0.2) is 0 Å². The molecule has 0 amide bonds. The summed E-state index contributed by atoms with van der Waals surface area (Å²) >= 11 is 0. The van der Waals surface area contributed by atoms with Crippen LogP contribution in [0.5, 0.6) is 0 Å². The quantitative estimate of drug-likeness (QED) is 0.741. The van der Waals surface area contributed by atoms with Crippen LogP contribution in [0.2, 0.25) is 0 Å². The maximum Gasteiger partial charge on any atom is 0.139 e. The Kier molecular flexibility index (Phi) is 2.55. The van der Waals surface area contributed by atoms with Crippen LogP contribution in [0.25, 0.3) is 10.8 Å². The van der Waals surface area contributed by atoms with Crippen molar-refractivity contribution in [3.8, 4) is 0 Å². The van der Waals surface area contributed by atoms with Crippen LogP contribution in [0.4, 0.5) is 0 Å². The van der Waals surface area contributed by atoms with Crippen molar-refractivity contribution in [1.29, 1.82) is 0 Å². The maximum atomic E-state index is 11.7. The molecule has 1 heteroatoms. The number of carbonyl (C=O) groups is 1. The number of rotatable bonds is 2. The van der Waals surface area contributed by atoms with E-state index >= 15 is 0 Å². The minimum atomic E-state index is -0.416. The molecule has 0 spiro atoms. The lowest BCUT2D eigenvalue weighted by Gasteiger charge is -2.23. The maximum absolute atomic E-state index is 11.7. The second-order valence-corrected chi connectivity index (χ2v) is 4.71. The smallest absolute Gasteiger partial charge is 0.139 e. The van der Waals surface area contributed by atoms with Crippen LogP contribution >= 0.6 is 0 Å². The molecule has 0 atom stereocenters. The van der Waals surface area contributed by atoms with Crippen molar-refractivity contribution in [3.63, 3.8) is 0 Å². The van der Waals surface area contributed by atoms with Gasteiger partial charge in [0, 0.05) is 5.41 Å². The Hall–Kier alpha value is -1.63. The predicted molar refractivity (Wildman–Crippen MR) is 67.7 cm³/mol. The first-order valence-electron chi connectivity index (χ1n) is 5.53. The van der Waals surface area contributed by atoms with Gasteiger partial charge in [0.1, 0.15) is 5.78 Å². The van der Waals surface area contributed by atoms with Gasteiger partial charge in [0.25, 0.3) is 0 Å². The van der Waals surface area contributed by atoms with Gasteiger partial charge in [-0.3, -0.25) is 4.79 Å². The molecule has 2 aromatic carbocycles. The number of hydrogen-bond acceptors (Lipinski definition) is 1. The molecular formula is C15H16O. The lowest BCUT2D eigenvalue weighted by atomic mass is 9.79. The van der Waals surface area contributed by atoms with Crippen molar-refractivity contribution in [3.05, 3.63) is 48.0 Å². The van der Waals surface area contributed by atoms with Gasteiger partial charge in [-0.25, -0.2) is 0 Å². The summed E-state index contributed by atoms with van der Waals surface area (Å²) in [5, 5.41) is 2.36. The lowest BCUT2D eigenvalue weighted by molar-refractivity contribution is -0.121. The molecule has 0 saturated heterocycles. The second kappa shape index (κ2) is 3.75. The zero-order valence-electron chi connectivity index (χ0n) is 9.95. The van der Waals surface area contributed by atoms with Gasteiger partial charge in [-0.1, -0.05) is 42.5 Å². The zero-order chi connectivity index (χ0) is 11.8. The van der Waals surface area contributed by atoms with Crippen LogP contribution in [0.3, 0.4) is 0 Å². The SMILES string of the molecule is CC(=O)C(C)(C)c1cccc2ccccc12. The molecule has 0 unspecified atom stereocenters. The number of benzene rings is 2. The molecule has 82 valence electrons. The van der Waals surface area contributed by atoms with E-state index in [9.17, 15) is 4.79 Å². The van der Waals surface area contributed by atoms with Crippen LogP contribution in [-0.2, 0) is 10.2 Å². The van der Waals surface area contributed by atoms with E-state index in [-0.39, 0.29) is 5.78 Å². The second-order valence-electron chi connectivity index (χ2n) is 4.71. The Balaban J connectivity index is 2.74. The molecule has 1 nitrogen and oxygen atoms in total. The Morgan fingerprint density at radius 2 is 1.62 bits per heavy atom.